The fourth-order valence-corrected chi connectivity index (χ4v) is 2.09. The highest BCUT2D eigenvalue weighted by Crippen LogP contribution is 2.36. The molecule has 0 fully saturated rings. The molecule has 100 valence electrons. The summed E-state index contributed by atoms with van der Waals surface area (Å²) in [6.07, 6.45) is 1.61. The van der Waals surface area contributed by atoms with Crippen LogP contribution in [-0.4, -0.2) is 10.1 Å². The zero-order chi connectivity index (χ0) is 14.1. The van der Waals surface area contributed by atoms with Gasteiger partial charge < -0.3 is 10.3 Å². The van der Waals surface area contributed by atoms with Crippen molar-refractivity contribution in [1.29, 1.82) is 0 Å². The molecule has 0 aliphatic heterocycles. The van der Waals surface area contributed by atoms with Crippen molar-refractivity contribution < 1.29 is 8.91 Å². The molecule has 0 atom stereocenters. The number of pyridine rings is 1. The van der Waals surface area contributed by atoms with Gasteiger partial charge in [0.2, 0.25) is 5.88 Å². The number of nitrogens with two attached hydrogens (primary N) is 1. The van der Waals surface area contributed by atoms with Crippen LogP contribution in [0.1, 0.15) is 0 Å². The maximum atomic E-state index is 14.0. The van der Waals surface area contributed by atoms with Gasteiger partial charge in [0, 0.05) is 16.8 Å². The summed E-state index contributed by atoms with van der Waals surface area (Å²) in [5, 5.41) is 4.14. The number of benzene rings is 1. The SMILES string of the molecule is Nc1onc(-c2ccc(Cl)cc2F)c1-c1ccccn1. The maximum absolute atomic E-state index is 14.0. The van der Waals surface area contributed by atoms with Crippen LogP contribution in [0.4, 0.5) is 10.3 Å². The summed E-state index contributed by atoms with van der Waals surface area (Å²) in [7, 11) is 0. The minimum absolute atomic E-state index is 0.0908. The molecule has 0 saturated carbocycles. The Hall–Kier alpha value is -2.40. The third-order valence-corrected chi connectivity index (χ3v) is 3.06. The Morgan fingerprint density at radius 1 is 1.20 bits per heavy atom. The molecule has 3 aromatic rings. The van der Waals surface area contributed by atoms with E-state index in [0.29, 0.717) is 22.0 Å². The third kappa shape index (κ3) is 2.12. The monoisotopic (exact) mass is 289 g/mol. The molecule has 0 spiro atoms. The first-order valence-corrected chi connectivity index (χ1v) is 6.16. The van der Waals surface area contributed by atoms with Gasteiger partial charge in [0.05, 0.1) is 11.3 Å². The Bertz CT molecular complexity index is 758. The Labute approximate surface area is 119 Å². The number of hydrogen-bond donors (Lipinski definition) is 1. The fraction of sp³-hybridized carbons (Fsp3) is 0. The van der Waals surface area contributed by atoms with Crippen LogP contribution in [0.15, 0.2) is 47.1 Å². The van der Waals surface area contributed by atoms with E-state index in [1.807, 2.05) is 0 Å². The van der Waals surface area contributed by atoms with Gasteiger partial charge in [-0.15, -0.1) is 0 Å². The second-order valence-electron chi connectivity index (χ2n) is 4.11. The Kier molecular flexibility index (Phi) is 3.12. The normalized spacial score (nSPS) is 10.7. The topological polar surface area (TPSA) is 64.9 Å². The van der Waals surface area contributed by atoms with Crippen LogP contribution >= 0.6 is 11.6 Å². The first-order valence-electron chi connectivity index (χ1n) is 5.79. The first-order chi connectivity index (χ1) is 9.66. The highest BCUT2D eigenvalue weighted by molar-refractivity contribution is 6.30. The van der Waals surface area contributed by atoms with Gasteiger partial charge in [-0.1, -0.05) is 22.8 Å². The molecular weight excluding hydrogens is 281 g/mol. The Morgan fingerprint density at radius 2 is 2.05 bits per heavy atom. The van der Waals surface area contributed by atoms with Crippen LogP contribution in [0.3, 0.4) is 0 Å². The molecule has 2 N–H and O–H groups in total. The molecule has 1 aromatic carbocycles. The van der Waals surface area contributed by atoms with Crippen LogP contribution in [0.25, 0.3) is 22.5 Å². The Morgan fingerprint density at radius 3 is 2.75 bits per heavy atom. The summed E-state index contributed by atoms with van der Waals surface area (Å²) in [6.45, 7) is 0. The summed E-state index contributed by atoms with van der Waals surface area (Å²) in [5.74, 6) is -0.406. The van der Waals surface area contributed by atoms with E-state index in [1.54, 1.807) is 30.5 Å². The smallest absolute Gasteiger partial charge is 0.232 e. The van der Waals surface area contributed by atoms with Gasteiger partial charge in [-0.3, -0.25) is 4.98 Å². The summed E-state index contributed by atoms with van der Waals surface area (Å²) in [5.41, 5.74) is 7.36. The van der Waals surface area contributed by atoms with Crippen LogP contribution in [0, 0.1) is 5.82 Å². The highest BCUT2D eigenvalue weighted by Gasteiger charge is 2.20. The number of rotatable bonds is 2. The van der Waals surface area contributed by atoms with Gasteiger partial charge in [-0.25, -0.2) is 4.39 Å². The molecule has 0 saturated heterocycles. The molecule has 0 aliphatic carbocycles. The van der Waals surface area contributed by atoms with E-state index < -0.39 is 5.82 Å². The number of aromatic nitrogens is 2. The van der Waals surface area contributed by atoms with Gasteiger partial charge >= 0.3 is 0 Å². The first kappa shape index (κ1) is 12.6. The van der Waals surface area contributed by atoms with Crippen LogP contribution < -0.4 is 5.73 Å². The summed E-state index contributed by atoms with van der Waals surface area (Å²) in [6, 6.07) is 9.64. The van der Waals surface area contributed by atoms with Gasteiger partial charge in [0.1, 0.15) is 11.5 Å². The van der Waals surface area contributed by atoms with Gasteiger partial charge in [-0.05, 0) is 30.3 Å². The molecule has 0 unspecified atom stereocenters. The molecule has 2 heterocycles. The molecule has 3 rings (SSSR count). The second kappa shape index (κ2) is 4.94. The number of halogens is 2. The molecule has 0 bridgehead atoms. The van der Waals surface area contributed by atoms with E-state index in [4.69, 9.17) is 21.9 Å². The maximum Gasteiger partial charge on any atom is 0.232 e. The lowest BCUT2D eigenvalue weighted by molar-refractivity contribution is 0.439. The quantitative estimate of drug-likeness (QED) is 0.780. The standard InChI is InChI=1S/C14H9ClFN3O/c15-8-4-5-9(10(16)7-8)13-12(14(17)20-19-13)11-3-1-2-6-18-11/h1-7H,17H2. The molecule has 2 aromatic heterocycles. The van der Waals surface area contributed by atoms with Crippen molar-refractivity contribution in [3.63, 3.8) is 0 Å². The number of nitrogens with zero attached hydrogens (tertiary/aromatic N) is 2. The summed E-state index contributed by atoms with van der Waals surface area (Å²) < 4.78 is 19.0. The van der Waals surface area contributed by atoms with Crippen molar-refractivity contribution in [3.8, 4) is 22.5 Å². The van der Waals surface area contributed by atoms with Gasteiger partial charge in [0.15, 0.2) is 0 Å². The van der Waals surface area contributed by atoms with E-state index in [2.05, 4.69) is 10.1 Å². The zero-order valence-corrected chi connectivity index (χ0v) is 10.9. The third-order valence-electron chi connectivity index (χ3n) is 2.83. The molecule has 6 heteroatoms. The van der Waals surface area contributed by atoms with Gasteiger partial charge in [0.25, 0.3) is 0 Å². The largest absolute Gasteiger partial charge is 0.367 e. The van der Waals surface area contributed by atoms with Crippen LogP contribution in [-0.2, 0) is 0 Å². The predicted molar refractivity (Wildman–Crippen MR) is 74.6 cm³/mol. The van der Waals surface area contributed by atoms with Crippen molar-refractivity contribution in [2.45, 2.75) is 0 Å². The Balaban J connectivity index is 2.21. The van der Waals surface area contributed by atoms with Crippen molar-refractivity contribution in [1.82, 2.24) is 10.1 Å². The minimum Gasteiger partial charge on any atom is -0.367 e. The molecule has 0 amide bonds. The lowest BCUT2D eigenvalue weighted by Crippen LogP contribution is -1.91. The molecule has 4 nitrogen and oxygen atoms in total. The molecule has 0 radical (unpaired) electrons. The van der Waals surface area contributed by atoms with Crippen LogP contribution in [0.2, 0.25) is 5.02 Å². The van der Waals surface area contributed by atoms with Crippen molar-refractivity contribution in [3.05, 3.63) is 53.4 Å². The number of hydrogen-bond acceptors (Lipinski definition) is 4. The average Bonchev–Trinajstić information content (AvgIpc) is 2.81. The highest BCUT2D eigenvalue weighted by atomic mass is 35.5. The van der Waals surface area contributed by atoms with Crippen LogP contribution in [0.5, 0.6) is 0 Å². The van der Waals surface area contributed by atoms with Crippen molar-refractivity contribution >= 4 is 17.5 Å². The van der Waals surface area contributed by atoms with Crippen molar-refractivity contribution in [2.75, 3.05) is 5.73 Å². The van der Waals surface area contributed by atoms with E-state index in [-0.39, 0.29) is 11.4 Å². The average molecular weight is 290 g/mol. The van der Waals surface area contributed by atoms with Crippen molar-refractivity contribution in [2.24, 2.45) is 0 Å². The molecule has 0 aliphatic rings. The van der Waals surface area contributed by atoms with E-state index in [9.17, 15) is 4.39 Å². The van der Waals surface area contributed by atoms with Gasteiger partial charge in [-0.2, -0.15) is 0 Å². The lowest BCUT2D eigenvalue weighted by atomic mass is 10.0. The predicted octanol–water partition coefficient (Wildman–Crippen LogP) is 3.78. The summed E-state index contributed by atoms with van der Waals surface area (Å²) >= 11 is 5.75. The van der Waals surface area contributed by atoms with E-state index in [0.717, 1.165) is 0 Å². The second-order valence-corrected chi connectivity index (χ2v) is 4.55. The molecular formula is C14H9ClFN3O. The van der Waals surface area contributed by atoms with E-state index >= 15 is 0 Å². The van der Waals surface area contributed by atoms with E-state index in [1.165, 1.54) is 12.1 Å². The number of anilines is 1. The zero-order valence-electron chi connectivity index (χ0n) is 10.2. The summed E-state index contributed by atoms with van der Waals surface area (Å²) in [4.78, 5) is 4.19. The number of nitrogen functional groups attached to an aromatic ring is 1. The fourth-order valence-electron chi connectivity index (χ4n) is 1.93. The molecule has 20 heavy (non-hydrogen) atoms. The minimum atomic E-state index is -0.497. The lowest BCUT2D eigenvalue weighted by Gasteiger charge is -2.03.